The van der Waals surface area contributed by atoms with Crippen LogP contribution in [0, 0.1) is 0 Å². The van der Waals surface area contributed by atoms with Gasteiger partial charge in [0.25, 0.3) is 0 Å². The lowest BCUT2D eigenvalue weighted by Crippen LogP contribution is -2.29. The molecular weight excluding hydrogens is 642 g/mol. The van der Waals surface area contributed by atoms with E-state index in [0.717, 1.165) is 29.0 Å². The van der Waals surface area contributed by atoms with Gasteiger partial charge >= 0.3 is 7.12 Å². The van der Waals surface area contributed by atoms with E-state index in [9.17, 15) is 0 Å². The van der Waals surface area contributed by atoms with Gasteiger partial charge in [-0.3, -0.25) is 0 Å². The van der Waals surface area contributed by atoms with Crippen molar-refractivity contribution in [2.45, 2.75) is 0 Å². The Balaban J connectivity index is 0.000000178. The third-order valence-corrected chi connectivity index (χ3v) is 8.03. The fraction of sp³-hybridized carbons (Fsp3) is 0. The lowest BCUT2D eigenvalue weighted by molar-refractivity contribution is 0.426. The molecule has 0 saturated heterocycles. The molecule has 2 nitrogen and oxygen atoms in total. The van der Waals surface area contributed by atoms with Crippen molar-refractivity contribution in [2.75, 3.05) is 0 Å². The number of benzene rings is 4. The van der Waals surface area contributed by atoms with Gasteiger partial charge in [-0.15, -0.1) is 0 Å². The monoisotopic (exact) mass is 656 g/mol. The molecule has 2 N–H and O–H groups in total. The van der Waals surface area contributed by atoms with Crippen LogP contribution in [0.15, 0.2) is 110 Å². The predicted octanol–water partition coefficient (Wildman–Crippen LogP) is 8.00. The zero-order valence-electron chi connectivity index (χ0n) is 16.6. The molecule has 0 bridgehead atoms. The highest BCUT2D eigenvalue weighted by Crippen LogP contribution is 2.33. The highest BCUT2D eigenvalue weighted by atomic mass is 79.9. The molecule has 4 rings (SSSR count). The molecule has 0 aromatic heterocycles. The van der Waals surface area contributed by atoms with Crippen LogP contribution in [0.5, 0.6) is 0 Å². The quantitative estimate of drug-likeness (QED) is 0.169. The van der Waals surface area contributed by atoms with Crippen molar-refractivity contribution in [2.24, 2.45) is 0 Å². The van der Waals surface area contributed by atoms with Crippen LogP contribution < -0.4 is 5.46 Å². The summed E-state index contributed by atoms with van der Waals surface area (Å²) >= 11 is 21.9. The smallest absolute Gasteiger partial charge is 0.423 e. The summed E-state index contributed by atoms with van der Waals surface area (Å²) in [5.74, 6) is 0. The summed E-state index contributed by atoms with van der Waals surface area (Å²) in [6, 6.07) is 30.3. The number of hydrogen-bond donors (Lipinski definition) is 2. The Labute approximate surface area is 223 Å². The molecule has 0 fully saturated rings. The summed E-state index contributed by atoms with van der Waals surface area (Å²) in [6.45, 7) is 0. The van der Waals surface area contributed by atoms with Crippen molar-refractivity contribution in [3.05, 3.63) is 121 Å². The van der Waals surface area contributed by atoms with Crippen molar-refractivity contribution >= 4 is 83.6 Å². The average molecular weight is 660 g/mol. The van der Waals surface area contributed by atoms with Gasteiger partial charge in [0, 0.05) is 8.95 Å². The summed E-state index contributed by atoms with van der Waals surface area (Å²) in [6.07, 6.45) is 0. The molecule has 0 atom stereocenters. The Bertz CT molecular complexity index is 1090. The fourth-order valence-electron chi connectivity index (χ4n) is 2.45. The van der Waals surface area contributed by atoms with Crippen LogP contribution in [0.2, 0.25) is 10.0 Å². The maximum Gasteiger partial charge on any atom is 0.488 e. The first-order valence-corrected chi connectivity index (χ1v) is 12.4. The predicted molar refractivity (Wildman–Crippen MR) is 148 cm³/mol. The maximum absolute atomic E-state index is 8.58. The van der Waals surface area contributed by atoms with Gasteiger partial charge in [-0.1, -0.05) is 102 Å². The van der Waals surface area contributed by atoms with Gasteiger partial charge in [0.05, 0.1) is 14.5 Å². The lowest BCUT2D eigenvalue weighted by Gasteiger charge is -2.05. The third-order valence-electron chi connectivity index (χ3n) is 4.04. The number of rotatable bonds is 2. The summed E-state index contributed by atoms with van der Waals surface area (Å²) in [5, 5.41) is 18.6. The first kappa shape index (κ1) is 27.1. The van der Waals surface area contributed by atoms with Gasteiger partial charge in [0.2, 0.25) is 0 Å². The molecule has 0 amide bonds. The Hall–Kier alpha value is -1.12. The Kier molecular flexibility index (Phi) is 12.1. The van der Waals surface area contributed by atoms with E-state index in [1.165, 1.54) is 5.56 Å². The lowest BCUT2D eigenvalue weighted by atomic mass is 9.81. The summed E-state index contributed by atoms with van der Waals surface area (Å²) < 4.78 is 2.84. The normalized spacial score (nSPS) is 9.72. The van der Waals surface area contributed by atoms with Crippen LogP contribution >= 0.6 is 71.0 Å². The van der Waals surface area contributed by atoms with Crippen LogP contribution in [-0.4, -0.2) is 17.2 Å². The SMILES string of the molecule is Clc1cccc(-c2ccccc2)c1Br.Clc1cccc(Br)c1Br.OB(O)c1ccccc1. The van der Waals surface area contributed by atoms with E-state index in [4.69, 9.17) is 33.2 Å². The van der Waals surface area contributed by atoms with E-state index in [0.29, 0.717) is 5.46 Å². The second kappa shape index (κ2) is 14.2. The Morgan fingerprint density at radius 1 is 0.562 bits per heavy atom. The van der Waals surface area contributed by atoms with Crippen LogP contribution in [0.25, 0.3) is 11.1 Å². The summed E-state index contributed by atoms with van der Waals surface area (Å²) in [7, 11) is -1.34. The molecule has 0 aliphatic carbocycles. The number of halogens is 5. The maximum atomic E-state index is 8.58. The first-order valence-electron chi connectivity index (χ1n) is 9.31. The molecule has 164 valence electrons. The Morgan fingerprint density at radius 3 is 1.53 bits per heavy atom. The molecule has 0 unspecified atom stereocenters. The topological polar surface area (TPSA) is 40.5 Å². The van der Waals surface area contributed by atoms with Gasteiger partial charge < -0.3 is 10.0 Å². The van der Waals surface area contributed by atoms with Crippen molar-refractivity contribution in [3.63, 3.8) is 0 Å². The molecule has 4 aromatic rings. The molecule has 0 saturated carbocycles. The van der Waals surface area contributed by atoms with Gasteiger partial charge in [0.15, 0.2) is 0 Å². The zero-order valence-corrected chi connectivity index (χ0v) is 22.9. The van der Waals surface area contributed by atoms with Crippen LogP contribution in [-0.2, 0) is 0 Å². The highest BCUT2D eigenvalue weighted by molar-refractivity contribution is 9.13. The molecule has 32 heavy (non-hydrogen) atoms. The van der Waals surface area contributed by atoms with E-state index >= 15 is 0 Å². The standard InChI is InChI=1S/C12H8BrCl.C6H7BO2.C6H3Br2Cl/c13-12-10(7-4-8-11(12)14)9-5-2-1-3-6-9;8-7(9)6-4-2-1-3-5-6;7-4-2-1-3-5(9)6(4)8/h1-8H;1-5,8-9H;1-3H. The minimum absolute atomic E-state index is 0.525. The van der Waals surface area contributed by atoms with E-state index in [2.05, 4.69) is 59.9 Å². The first-order chi connectivity index (χ1) is 15.3. The zero-order chi connectivity index (χ0) is 23.5. The minimum atomic E-state index is -1.34. The average Bonchev–Trinajstić information content (AvgIpc) is 2.81. The van der Waals surface area contributed by atoms with E-state index < -0.39 is 7.12 Å². The van der Waals surface area contributed by atoms with Gasteiger partial charge in [-0.25, -0.2) is 0 Å². The third kappa shape index (κ3) is 8.67. The molecule has 0 aliphatic rings. The summed E-state index contributed by atoms with van der Waals surface area (Å²) in [4.78, 5) is 0. The van der Waals surface area contributed by atoms with Gasteiger partial charge in [-0.2, -0.15) is 0 Å². The number of hydrogen-bond acceptors (Lipinski definition) is 2. The minimum Gasteiger partial charge on any atom is -0.423 e. The molecule has 0 spiro atoms. The van der Waals surface area contributed by atoms with Crippen molar-refractivity contribution in [1.82, 2.24) is 0 Å². The second-order valence-corrected chi connectivity index (χ2v) is 9.54. The van der Waals surface area contributed by atoms with E-state index in [1.54, 1.807) is 24.3 Å². The van der Waals surface area contributed by atoms with Crippen LogP contribution in [0.3, 0.4) is 0 Å². The molecule has 0 radical (unpaired) electrons. The Morgan fingerprint density at radius 2 is 1.06 bits per heavy atom. The molecule has 4 aromatic carbocycles. The van der Waals surface area contributed by atoms with Gasteiger partial charge in [-0.05, 0) is 82.6 Å². The largest absolute Gasteiger partial charge is 0.488 e. The molecule has 0 aliphatic heterocycles. The molecular formula is C24H18BBr3Cl2O2. The molecule has 8 heteroatoms. The second-order valence-electron chi connectivity index (χ2n) is 6.29. The van der Waals surface area contributed by atoms with Gasteiger partial charge in [0.1, 0.15) is 0 Å². The fourth-order valence-corrected chi connectivity index (χ4v) is 4.03. The van der Waals surface area contributed by atoms with Crippen LogP contribution in [0.4, 0.5) is 0 Å². The highest BCUT2D eigenvalue weighted by Gasteiger charge is 2.07. The van der Waals surface area contributed by atoms with Crippen molar-refractivity contribution in [1.29, 1.82) is 0 Å². The van der Waals surface area contributed by atoms with Crippen LogP contribution in [0.1, 0.15) is 0 Å². The van der Waals surface area contributed by atoms with E-state index in [-0.39, 0.29) is 0 Å². The van der Waals surface area contributed by atoms with Crippen molar-refractivity contribution < 1.29 is 10.0 Å². The summed E-state index contributed by atoms with van der Waals surface area (Å²) in [5.41, 5.74) is 2.82. The van der Waals surface area contributed by atoms with Crippen molar-refractivity contribution in [3.8, 4) is 11.1 Å². The van der Waals surface area contributed by atoms with E-state index in [1.807, 2.05) is 60.7 Å². The molecule has 0 heterocycles.